The zero-order chi connectivity index (χ0) is 33.3. The topological polar surface area (TPSA) is 3.24 Å². The zero-order valence-corrected chi connectivity index (χ0v) is 28.2. The molecule has 0 aliphatic heterocycles. The lowest BCUT2D eigenvalue weighted by molar-refractivity contribution is 1.28. The van der Waals surface area contributed by atoms with Crippen LogP contribution in [0.4, 0.5) is 17.1 Å². The van der Waals surface area contributed by atoms with Crippen molar-refractivity contribution in [1.29, 1.82) is 0 Å². The molecule has 0 bridgehead atoms. The third kappa shape index (κ3) is 5.66. The lowest BCUT2D eigenvalue weighted by Gasteiger charge is -2.27. The number of hydrogen-bond acceptors (Lipinski definition) is 2. The summed E-state index contributed by atoms with van der Waals surface area (Å²) in [6.07, 6.45) is 0. The van der Waals surface area contributed by atoms with Crippen LogP contribution in [0, 0.1) is 0 Å². The number of anilines is 3. The second-order valence-electron chi connectivity index (χ2n) is 12.6. The fourth-order valence-electron chi connectivity index (χ4n) is 6.98. The molecule has 0 radical (unpaired) electrons. The van der Waals surface area contributed by atoms with Gasteiger partial charge in [-0.05, 0) is 93.0 Å². The van der Waals surface area contributed by atoms with Gasteiger partial charge in [-0.15, -0.1) is 11.3 Å². The molecule has 9 aromatic rings. The van der Waals surface area contributed by atoms with Crippen LogP contribution in [-0.2, 0) is 0 Å². The van der Waals surface area contributed by atoms with E-state index >= 15 is 0 Å². The van der Waals surface area contributed by atoms with Crippen molar-refractivity contribution in [2.75, 3.05) is 4.90 Å². The smallest absolute Gasteiger partial charge is 0.0473 e. The fourth-order valence-corrected chi connectivity index (χ4v) is 8.22. The van der Waals surface area contributed by atoms with Gasteiger partial charge in [0.25, 0.3) is 0 Å². The molecule has 50 heavy (non-hydrogen) atoms. The van der Waals surface area contributed by atoms with Crippen molar-refractivity contribution >= 4 is 48.6 Å². The Labute approximate surface area is 297 Å². The Morgan fingerprint density at radius 3 is 1.34 bits per heavy atom. The predicted molar refractivity (Wildman–Crippen MR) is 216 cm³/mol. The van der Waals surface area contributed by atoms with Crippen LogP contribution < -0.4 is 4.90 Å². The van der Waals surface area contributed by atoms with E-state index < -0.39 is 0 Å². The maximum atomic E-state index is 2.39. The summed E-state index contributed by atoms with van der Waals surface area (Å²) in [5.41, 5.74) is 13.0. The Bertz CT molecular complexity index is 2490. The highest BCUT2D eigenvalue weighted by Crippen LogP contribution is 2.43. The quantitative estimate of drug-likeness (QED) is 0.165. The Morgan fingerprint density at radius 1 is 0.300 bits per heavy atom. The number of nitrogens with zero attached hydrogens (tertiary/aromatic N) is 1. The molecule has 236 valence electrons. The predicted octanol–water partition coefficient (Wildman–Crippen LogP) is 14.2. The lowest BCUT2D eigenvalue weighted by atomic mass is 9.97. The van der Waals surface area contributed by atoms with Gasteiger partial charge in [-0.3, -0.25) is 0 Å². The van der Waals surface area contributed by atoms with Crippen LogP contribution >= 0.6 is 11.3 Å². The van der Waals surface area contributed by atoms with Crippen molar-refractivity contribution < 1.29 is 0 Å². The first-order valence-electron chi connectivity index (χ1n) is 17.0. The van der Waals surface area contributed by atoms with E-state index in [2.05, 4.69) is 205 Å². The molecule has 0 saturated carbocycles. The highest BCUT2D eigenvalue weighted by molar-refractivity contribution is 7.26. The van der Waals surface area contributed by atoms with Crippen LogP contribution in [-0.4, -0.2) is 0 Å². The van der Waals surface area contributed by atoms with Gasteiger partial charge in [-0.25, -0.2) is 0 Å². The van der Waals surface area contributed by atoms with Gasteiger partial charge in [0.1, 0.15) is 0 Å². The van der Waals surface area contributed by atoms with Crippen molar-refractivity contribution in [2.45, 2.75) is 0 Å². The summed E-state index contributed by atoms with van der Waals surface area (Å²) in [6.45, 7) is 0. The largest absolute Gasteiger partial charge is 0.310 e. The average Bonchev–Trinajstić information content (AvgIpc) is 3.59. The molecule has 9 rings (SSSR count). The van der Waals surface area contributed by atoms with E-state index in [1.165, 1.54) is 64.7 Å². The third-order valence-corrected chi connectivity index (χ3v) is 10.7. The second-order valence-corrected chi connectivity index (χ2v) is 13.6. The molecular formula is C48H33NS. The van der Waals surface area contributed by atoms with Crippen molar-refractivity contribution in [3.63, 3.8) is 0 Å². The summed E-state index contributed by atoms with van der Waals surface area (Å²) in [5, 5.41) is 2.64. The van der Waals surface area contributed by atoms with Gasteiger partial charge in [-0.1, -0.05) is 152 Å². The number of hydrogen-bond donors (Lipinski definition) is 0. The van der Waals surface area contributed by atoms with Crippen LogP contribution in [0.1, 0.15) is 0 Å². The minimum Gasteiger partial charge on any atom is -0.310 e. The van der Waals surface area contributed by atoms with Gasteiger partial charge in [0, 0.05) is 37.2 Å². The van der Waals surface area contributed by atoms with Crippen LogP contribution in [0.2, 0.25) is 0 Å². The van der Waals surface area contributed by atoms with Crippen molar-refractivity contribution in [1.82, 2.24) is 0 Å². The van der Waals surface area contributed by atoms with E-state index in [1.54, 1.807) is 0 Å². The molecule has 0 spiro atoms. The first kappa shape index (κ1) is 29.9. The van der Waals surface area contributed by atoms with Crippen LogP contribution in [0.5, 0.6) is 0 Å². The second kappa shape index (κ2) is 13.0. The van der Waals surface area contributed by atoms with E-state index in [4.69, 9.17) is 0 Å². The normalized spacial score (nSPS) is 11.2. The van der Waals surface area contributed by atoms with Gasteiger partial charge in [-0.2, -0.15) is 0 Å². The van der Waals surface area contributed by atoms with E-state index in [9.17, 15) is 0 Å². The molecule has 0 aliphatic rings. The Balaban J connectivity index is 1.20. The molecule has 0 saturated heterocycles. The molecule has 0 aliphatic carbocycles. The summed E-state index contributed by atoms with van der Waals surface area (Å²) in [5.74, 6) is 0. The standard InChI is InChI=1S/C48H33NS/c1-4-13-34(14-5-1)37-23-27-41(28-24-37)49(43-32-39(35-15-6-2-7-16-35)31-40(33-43)36-17-8-3-9-18-36)42-29-25-38(26-30-42)44-20-12-21-46-45-19-10-11-22-47(45)50-48(44)46/h1-33H. The van der Waals surface area contributed by atoms with E-state index in [-0.39, 0.29) is 0 Å². The molecule has 0 amide bonds. The highest BCUT2D eigenvalue weighted by Gasteiger charge is 2.17. The summed E-state index contributed by atoms with van der Waals surface area (Å²) < 4.78 is 2.65. The Kier molecular flexibility index (Phi) is 7.77. The molecule has 2 heteroatoms. The van der Waals surface area contributed by atoms with E-state index in [0.717, 1.165) is 17.1 Å². The van der Waals surface area contributed by atoms with Crippen LogP contribution in [0.15, 0.2) is 200 Å². The Hall–Kier alpha value is -6.22. The molecule has 0 atom stereocenters. The fraction of sp³-hybridized carbons (Fsp3) is 0. The van der Waals surface area contributed by atoms with Crippen molar-refractivity contribution in [3.05, 3.63) is 200 Å². The molecule has 1 heterocycles. The molecular weight excluding hydrogens is 623 g/mol. The number of rotatable bonds is 7. The van der Waals surface area contributed by atoms with Gasteiger partial charge in [0.15, 0.2) is 0 Å². The summed E-state index contributed by atoms with van der Waals surface area (Å²) >= 11 is 1.88. The van der Waals surface area contributed by atoms with Gasteiger partial charge < -0.3 is 4.90 Å². The maximum absolute atomic E-state index is 2.39. The summed E-state index contributed by atoms with van der Waals surface area (Å²) in [7, 11) is 0. The first-order valence-corrected chi connectivity index (χ1v) is 17.8. The van der Waals surface area contributed by atoms with Gasteiger partial charge in [0.2, 0.25) is 0 Å². The van der Waals surface area contributed by atoms with Crippen molar-refractivity contribution in [3.8, 4) is 44.5 Å². The van der Waals surface area contributed by atoms with Crippen LogP contribution in [0.25, 0.3) is 64.7 Å². The maximum Gasteiger partial charge on any atom is 0.0473 e. The minimum atomic E-state index is 1.10. The monoisotopic (exact) mass is 655 g/mol. The average molecular weight is 656 g/mol. The summed E-state index contributed by atoms with van der Waals surface area (Å²) in [4.78, 5) is 2.39. The third-order valence-electron chi connectivity index (χ3n) is 9.46. The number of fused-ring (bicyclic) bond motifs is 3. The van der Waals surface area contributed by atoms with Crippen LogP contribution in [0.3, 0.4) is 0 Å². The SMILES string of the molecule is c1ccc(-c2ccc(N(c3ccc(-c4cccc5c4sc4ccccc45)cc3)c3cc(-c4ccccc4)cc(-c4ccccc4)c3)cc2)cc1. The van der Waals surface area contributed by atoms with Gasteiger partial charge in [0.05, 0.1) is 0 Å². The minimum absolute atomic E-state index is 1.10. The van der Waals surface area contributed by atoms with Crippen molar-refractivity contribution in [2.24, 2.45) is 0 Å². The van der Waals surface area contributed by atoms with E-state index in [0.29, 0.717) is 0 Å². The summed E-state index contributed by atoms with van der Waals surface area (Å²) in [6, 6.07) is 72.3. The zero-order valence-electron chi connectivity index (χ0n) is 27.4. The first-order chi connectivity index (χ1) is 24.8. The molecule has 0 fully saturated rings. The molecule has 0 unspecified atom stereocenters. The molecule has 8 aromatic carbocycles. The van der Waals surface area contributed by atoms with Gasteiger partial charge >= 0.3 is 0 Å². The lowest BCUT2D eigenvalue weighted by Crippen LogP contribution is -2.10. The molecule has 1 aromatic heterocycles. The molecule has 0 N–H and O–H groups in total. The molecule has 1 nitrogen and oxygen atoms in total. The number of thiophene rings is 1. The van der Waals surface area contributed by atoms with E-state index in [1.807, 2.05) is 11.3 Å². The Morgan fingerprint density at radius 2 is 0.760 bits per heavy atom. The number of benzene rings is 8. The highest BCUT2D eigenvalue weighted by atomic mass is 32.1.